The molecule has 0 atom stereocenters. The number of hydrogen-bond donors (Lipinski definition) is 2. The van der Waals surface area contributed by atoms with Crippen LogP contribution in [-0.2, 0) is 13.0 Å². The van der Waals surface area contributed by atoms with Crippen molar-refractivity contribution in [2.75, 3.05) is 13.2 Å². The Morgan fingerprint density at radius 1 is 1.28 bits per heavy atom. The van der Waals surface area contributed by atoms with E-state index in [1.165, 1.54) is 16.7 Å². The Labute approximate surface area is 144 Å². The quantitative estimate of drug-likeness (QED) is 0.721. The van der Waals surface area contributed by atoms with E-state index in [9.17, 15) is 14.7 Å². The largest absolute Gasteiger partial charge is 0.459 e. The second kappa shape index (κ2) is 7.36. The number of aryl methyl sites for hydroxylation is 1. The Hall–Kier alpha value is -2.86. The number of fused-ring (bicyclic) bond motifs is 1. The molecule has 0 saturated carbocycles. The third-order valence-electron chi connectivity index (χ3n) is 4.14. The Kier molecular flexibility index (Phi) is 5.00. The van der Waals surface area contributed by atoms with Crippen LogP contribution in [-0.4, -0.2) is 34.0 Å². The maximum absolute atomic E-state index is 12.5. The Morgan fingerprint density at radius 3 is 2.80 bits per heavy atom. The molecule has 2 aromatic heterocycles. The highest BCUT2D eigenvalue weighted by molar-refractivity contribution is 5.91. The lowest BCUT2D eigenvalue weighted by molar-refractivity contribution is 0.0675. The van der Waals surface area contributed by atoms with E-state index in [-0.39, 0.29) is 36.9 Å². The maximum atomic E-state index is 12.5. The summed E-state index contributed by atoms with van der Waals surface area (Å²) in [6.45, 7) is 2.09. The van der Waals surface area contributed by atoms with Gasteiger partial charge in [0.1, 0.15) is 0 Å². The lowest BCUT2D eigenvalue weighted by Crippen LogP contribution is -2.34. The zero-order valence-electron chi connectivity index (χ0n) is 14.0. The lowest BCUT2D eigenvalue weighted by Gasteiger charge is -2.20. The summed E-state index contributed by atoms with van der Waals surface area (Å²) in [4.78, 5) is 29.1. The smallest absolute Gasteiger partial charge is 0.289 e. The van der Waals surface area contributed by atoms with Crippen LogP contribution in [0.5, 0.6) is 0 Å². The minimum Gasteiger partial charge on any atom is -0.459 e. The van der Waals surface area contributed by atoms with Crippen molar-refractivity contribution in [3.63, 3.8) is 0 Å². The zero-order chi connectivity index (χ0) is 17.8. The fourth-order valence-corrected chi connectivity index (χ4v) is 2.77. The average Bonchev–Trinajstić information content (AvgIpc) is 3.15. The molecule has 0 bridgehead atoms. The van der Waals surface area contributed by atoms with Gasteiger partial charge in [-0.05, 0) is 47.7 Å². The minimum absolute atomic E-state index is 0.0989. The molecule has 0 spiro atoms. The number of rotatable bonds is 6. The number of aliphatic hydroxyl groups is 1. The van der Waals surface area contributed by atoms with Crippen LogP contribution in [0.2, 0.25) is 0 Å². The molecule has 3 aromatic rings. The highest BCUT2D eigenvalue weighted by atomic mass is 16.3. The molecule has 2 N–H and O–H groups in total. The molecule has 130 valence electrons. The number of aromatic nitrogens is 1. The number of nitrogens with zero attached hydrogens (tertiary/aromatic N) is 1. The van der Waals surface area contributed by atoms with Crippen LogP contribution in [0.25, 0.3) is 10.9 Å². The van der Waals surface area contributed by atoms with Gasteiger partial charge in [-0.3, -0.25) is 9.59 Å². The summed E-state index contributed by atoms with van der Waals surface area (Å²) in [6, 6.07) is 10.9. The molecule has 25 heavy (non-hydrogen) atoms. The van der Waals surface area contributed by atoms with Crippen LogP contribution in [0, 0.1) is 0 Å². The molecular weight excluding hydrogens is 320 g/mol. The molecule has 0 fully saturated rings. The van der Waals surface area contributed by atoms with Gasteiger partial charge in [0.25, 0.3) is 11.5 Å². The number of aromatic amines is 1. The second-order valence-corrected chi connectivity index (χ2v) is 5.83. The van der Waals surface area contributed by atoms with Gasteiger partial charge in [-0.25, -0.2) is 0 Å². The van der Waals surface area contributed by atoms with Crippen molar-refractivity contribution in [3.8, 4) is 0 Å². The zero-order valence-corrected chi connectivity index (χ0v) is 14.0. The summed E-state index contributed by atoms with van der Waals surface area (Å²) >= 11 is 0. The first-order valence-electron chi connectivity index (χ1n) is 8.21. The summed E-state index contributed by atoms with van der Waals surface area (Å²) in [5.74, 6) is -0.181. The van der Waals surface area contributed by atoms with Crippen molar-refractivity contribution < 1.29 is 14.3 Å². The summed E-state index contributed by atoms with van der Waals surface area (Å²) < 4.78 is 5.13. The first-order chi connectivity index (χ1) is 12.1. The van der Waals surface area contributed by atoms with Gasteiger partial charge in [-0.2, -0.15) is 0 Å². The molecule has 0 aliphatic carbocycles. The van der Waals surface area contributed by atoms with Crippen LogP contribution in [0.15, 0.2) is 51.9 Å². The highest BCUT2D eigenvalue weighted by Crippen LogP contribution is 2.16. The highest BCUT2D eigenvalue weighted by Gasteiger charge is 2.19. The molecule has 0 saturated heterocycles. The van der Waals surface area contributed by atoms with E-state index in [0.717, 1.165) is 17.3 Å². The number of hydrogen-bond acceptors (Lipinski definition) is 4. The number of nitrogens with one attached hydrogen (secondary N) is 1. The van der Waals surface area contributed by atoms with Gasteiger partial charge in [0.05, 0.1) is 19.4 Å². The molecule has 3 rings (SSSR count). The fourth-order valence-electron chi connectivity index (χ4n) is 2.77. The number of pyridine rings is 1. The fraction of sp³-hybridized carbons (Fsp3) is 0.263. The number of aliphatic hydroxyl groups excluding tert-OH is 1. The van der Waals surface area contributed by atoms with E-state index in [0.29, 0.717) is 5.56 Å². The standard InChI is InChI=1S/C19H20N2O4/c1-2-13-5-6-16-14(10-13)11-15(18(23)20-16)12-21(7-8-22)19(24)17-4-3-9-25-17/h3-6,9-11,22H,2,7-8,12H2,1H3,(H,20,23). The van der Waals surface area contributed by atoms with Crippen LogP contribution in [0.4, 0.5) is 0 Å². The molecular formula is C19H20N2O4. The van der Waals surface area contributed by atoms with E-state index in [4.69, 9.17) is 4.42 Å². The number of carbonyl (C=O) groups is 1. The number of benzene rings is 1. The molecule has 0 aliphatic heterocycles. The van der Waals surface area contributed by atoms with Gasteiger partial charge in [0, 0.05) is 17.6 Å². The maximum Gasteiger partial charge on any atom is 0.289 e. The molecule has 6 heteroatoms. The Morgan fingerprint density at radius 2 is 2.12 bits per heavy atom. The van der Waals surface area contributed by atoms with Gasteiger partial charge >= 0.3 is 0 Å². The summed E-state index contributed by atoms with van der Waals surface area (Å²) in [6.07, 6.45) is 2.32. The number of H-pyrrole nitrogens is 1. The SMILES string of the molecule is CCc1ccc2[nH]c(=O)c(CN(CCO)C(=O)c3ccco3)cc2c1. The number of amides is 1. The van der Waals surface area contributed by atoms with Crippen molar-refractivity contribution >= 4 is 16.8 Å². The van der Waals surface area contributed by atoms with E-state index in [1.807, 2.05) is 18.2 Å². The van der Waals surface area contributed by atoms with Crippen LogP contribution in [0.1, 0.15) is 28.6 Å². The summed E-state index contributed by atoms with van der Waals surface area (Å²) in [7, 11) is 0. The molecule has 2 heterocycles. The third-order valence-corrected chi connectivity index (χ3v) is 4.14. The normalized spacial score (nSPS) is 11.0. The van der Waals surface area contributed by atoms with Crippen molar-refractivity contribution in [1.82, 2.24) is 9.88 Å². The van der Waals surface area contributed by atoms with E-state index in [2.05, 4.69) is 11.9 Å². The average molecular weight is 340 g/mol. The predicted octanol–water partition coefficient (Wildman–Crippen LogP) is 2.32. The lowest BCUT2D eigenvalue weighted by atomic mass is 10.1. The second-order valence-electron chi connectivity index (χ2n) is 5.83. The molecule has 1 aromatic carbocycles. The van der Waals surface area contributed by atoms with Gasteiger partial charge in [0.2, 0.25) is 0 Å². The predicted molar refractivity (Wildman–Crippen MR) is 94.5 cm³/mol. The summed E-state index contributed by atoms with van der Waals surface area (Å²) in [5.41, 5.74) is 2.16. The van der Waals surface area contributed by atoms with E-state index >= 15 is 0 Å². The van der Waals surface area contributed by atoms with Gasteiger partial charge in [0.15, 0.2) is 5.76 Å². The van der Waals surface area contributed by atoms with Crippen LogP contribution >= 0.6 is 0 Å². The monoisotopic (exact) mass is 340 g/mol. The van der Waals surface area contributed by atoms with E-state index in [1.54, 1.807) is 18.2 Å². The molecule has 6 nitrogen and oxygen atoms in total. The van der Waals surface area contributed by atoms with Crippen molar-refractivity contribution in [2.45, 2.75) is 19.9 Å². The number of carbonyl (C=O) groups excluding carboxylic acids is 1. The van der Waals surface area contributed by atoms with Crippen molar-refractivity contribution in [3.05, 3.63) is 69.9 Å². The van der Waals surface area contributed by atoms with E-state index < -0.39 is 0 Å². The molecule has 1 amide bonds. The van der Waals surface area contributed by atoms with Gasteiger partial charge < -0.3 is 19.4 Å². The van der Waals surface area contributed by atoms with Crippen molar-refractivity contribution in [2.24, 2.45) is 0 Å². The van der Waals surface area contributed by atoms with Crippen LogP contribution in [0.3, 0.4) is 0 Å². The van der Waals surface area contributed by atoms with Gasteiger partial charge in [-0.1, -0.05) is 13.0 Å². The third kappa shape index (κ3) is 3.64. The Balaban J connectivity index is 1.94. The topological polar surface area (TPSA) is 86.5 Å². The minimum atomic E-state index is -0.360. The van der Waals surface area contributed by atoms with Crippen LogP contribution < -0.4 is 5.56 Å². The molecule has 0 aliphatic rings. The first kappa shape index (κ1) is 17.0. The molecule has 0 unspecified atom stereocenters. The Bertz CT molecular complexity index is 928. The summed E-state index contributed by atoms with van der Waals surface area (Å²) in [5, 5.41) is 10.2. The molecule has 0 radical (unpaired) electrons. The van der Waals surface area contributed by atoms with Gasteiger partial charge in [-0.15, -0.1) is 0 Å². The van der Waals surface area contributed by atoms with Crippen molar-refractivity contribution in [1.29, 1.82) is 0 Å². The number of furan rings is 1. The first-order valence-corrected chi connectivity index (χ1v) is 8.21.